The largest absolute Gasteiger partial charge is 0.478 e. The summed E-state index contributed by atoms with van der Waals surface area (Å²) in [6.07, 6.45) is 0. The molecule has 0 radical (unpaired) electrons. The van der Waals surface area contributed by atoms with Crippen LogP contribution in [-0.4, -0.2) is 30.6 Å². The number of carbonyl (C=O) groups is 2. The van der Waals surface area contributed by atoms with Crippen molar-refractivity contribution in [2.24, 2.45) is 5.92 Å². The molecule has 1 aliphatic heterocycles. The van der Waals surface area contributed by atoms with Crippen LogP contribution in [-0.2, 0) is 4.79 Å². The number of nitrogens with zero attached hydrogens (tertiary/aromatic N) is 1. The van der Waals surface area contributed by atoms with Crippen LogP contribution in [0.3, 0.4) is 0 Å². The molecule has 0 aliphatic carbocycles. The van der Waals surface area contributed by atoms with Gasteiger partial charge < -0.3 is 15.3 Å². The van der Waals surface area contributed by atoms with Crippen molar-refractivity contribution in [3.8, 4) is 0 Å². The normalized spacial score (nSPS) is 19.3. The SMILES string of the molecule is CC1CN(C)c2c(cccc2C(=O)O)NC1=O. The molecule has 17 heavy (non-hydrogen) atoms. The monoisotopic (exact) mass is 234 g/mol. The molecular formula is C12H14N2O3. The van der Waals surface area contributed by atoms with Gasteiger partial charge in [-0.2, -0.15) is 0 Å². The number of nitrogens with one attached hydrogen (secondary N) is 1. The summed E-state index contributed by atoms with van der Waals surface area (Å²) in [5.74, 6) is -1.25. The van der Waals surface area contributed by atoms with E-state index in [1.807, 2.05) is 6.92 Å². The standard InChI is InChI=1S/C12H14N2O3/c1-7-6-14(2)10-8(12(16)17)4-3-5-9(10)13-11(7)15/h3-5,7H,6H2,1-2H3,(H,13,15)(H,16,17). The molecular weight excluding hydrogens is 220 g/mol. The van der Waals surface area contributed by atoms with Gasteiger partial charge in [0.2, 0.25) is 5.91 Å². The van der Waals surface area contributed by atoms with Crippen LogP contribution >= 0.6 is 0 Å². The van der Waals surface area contributed by atoms with Gasteiger partial charge in [0.15, 0.2) is 0 Å². The van der Waals surface area contributed by atoms with Crippen LogP contribution in [0, 0.1) is 5.92 Å². The third kappa shape index (κ3) is 1.95. The van der Waals surface area contributed by atoms with Crippen LogP contribution in [0.25, 0.3) is 0 Å². The number of benzene rings is 1. The molecule has 1 aromatic carbocycles. The lowest BCUT2D eigenvalue weighted by Gasteiger charge is -2.21. The first-order chi connectivity index (χ1) is 8.00. The number of carboxylic acid groups (broad SMARTS) is 1. The van der Waals surface area contributed by atoms with Gasteiger partial charge in [0.25, 0.3) is 0 Å². The van der Waals surface area contributed by atoms with Gasteiger partial charge >= 0.3 is 5.97 Å². The molecule has 2 N–H and O–H groups in total. The zero-order chi connectivity index (χ0) is 12.6. The summed E-state index contributed by atoms with van der Waals surface area (Å²) in [5, 5.41) is 11.9. The first kappa shape index (κ1) is 11.4. The first-order valence-electron chi connectivity index (χ1n) is 5.39. The zero-order valence-corrected chi connectivity index (χ0v) is 9.73. The summed E-state index contributed by atoms with van der Waals surface area (Å²) in [6.45, 7) is 2.32. The predicted octanol–water partition coefficient (Wildman–Crippen LogP) is 1.41. The number of fused-ring (bicyclic) bond motifs is 1. The highest BCUT2D eigenvalue weighted by molar-refractivity contribution is 6.04. The molecule has 0 aromatic heterocycles. The summed E-state index contributed by atoms with van der Waals surface area (Å²) < 4.78 is 0. The van der Waals surface area contributed by atoms with E-state index in [4.69, 9.17) is 5.11 Å². The Labute approximate surface area is 99.0 Å². The van der Waals surface area contributed by atoms with Gasteiger partial charge in [-0.25, -0.2) is 4.79 Å². The number of carbonyl (C=O) groups excluding carboxylic acids is 1. The van der Waals surface area contributed by atoms with Crippen molar-refractivity contribution >= 4 is 23.3 Å². The average molecular weight is 234 g/mol. The van der Waals surface area contributed by atoms with E-state index in [1.165, 1.54) is 0 Å². The van der Waals surface area contributed by atoms with E-state index in [2.05, 4.69) is 5.32 Å². The van der Waals surface area contributed by atoms with Gasteiger partial charge in [0.1, 0.15) is 0 Å². The quantitative estimate of drug-likeness (QED) is 0.770. The summed E-state index contributed by atoms with van der Waals surface area (Å²) in [4.78, 5) is 24.7. The molecule has 1 aromatic rings. The molecule has 5 heteroatoms. The second-order valence-corrected chi connectivity index (χ2v) is 4.28. The van der Waals surface area contributed by atoms with E-state index < -0.39 is 5.97 Å². The minimum absolute atomic E-state index is 0.0851. The second kappa shape index (κ2) is 4.08. The molecule has 90 valence electrons. The zero-order valence-electron chi connectivity index (χ0n) is 9.73. The number of hydrogen-bond donors (Lipinski definition) is 2. The molecule has 0 spiro atoms. The van der Waals surface area contributed by atoms with Crippen molar-refractivity contribution in [1.82, 2.24) is 0 Å². The number of para-hydroxylation sites is 1. The second-order valence-electron chi connectivity index (χ2n) is 4.28. The number of rotatable bonds is 1. The molecule has 1 heterocycles. The Bertz CT molecular complexity index is 485. The Morgan fingerprint density at radius 3 is 2.88 bits per heavy atom. The maximum Gasteiger partial charge on any atom is 0.337 e. The molecule has 0 saturated carbocycles. The number of carboxylic acids is 1. The van der Waals surface area contributed by atoms with E-state index in [0.29, 0.717) is 17.9 Å². The van der Waals surface area contributed by atoms with E-state index in [1.54, 1.807) is 30.1 Å². The van der Waals surface area contributed by atoms with Gasteiger partial charge in [0, 0.05) is 13.6 Å². The summed E-state index contributed by atoms with van der Waals surface area (Å²) in [6, 6.07) is 4.89. The summed E-state index contributed by atoms with van der Waals surface area (Å²) >= 11 is 0. The van der Waals surface area contributed by atoms with Crippen molar-refractivity contribution in [3.05, 3.63) is 23.8 Å². The van der Waals surface area contributed by atoms with Crippen LogP contribution in [0.15, 0.2) is 18.2 Å². The molecule has 1 amide bonds. The van der Waals surface area contributed by atoms with E-state index >= 15 is 0 Å². The lowest BCUT2D eigenvalue weighted by atomic mass is 10.1. The molecule has 2 rings (SSSR count). The number of aromatic carboxylic acids is 1. The lowest BCUT2D eigenvalue weighted by Crippen LogP contribution is -2.28. The molecule has 0 fully saturated rings. The maximum absolute atomic E-state index is 11.7. The molecule has 0 bridgehead atoms. The maximum atomic E-state index is 11.7. The minimum atomic E-state index is -0.988. The fourth-order valence-corrected chi connectivity index (χ4v) is 2.07. The van der Waals surface area contributed by atoms with Crippen LogP contribution in [0.4, 0.5) is 11.4 Å². The third-order valence-corrected chi connectivity index (χ3v) is 2.90. The summed E-state index contributed by atoms with van der Waals surface area (Å²) in [5.41, 5.74) is 1.33. The van der Waals surface area contributed by atoms with Crippen LogP contribution < -0.4 is 10.2 Å². The van der Waals surface area contributed by atoms with Gasteiger partial charge in [-0.3, -0.25) is 4.79 Å². The van der Waals surface area contributed by atoms with E-state index in [-0.39, 0.29) is 17.4 Å². The van der Waals surface area contributed by atoms with E-state index in [0.717, 1.165) is 0 Å². The first-order valence-corrected chi connectivity index (χ1v) is 5.39. The summed E-state index contributed by atoms with van der Waals surface area (Å²) in [7, 11) is 1.79. The molecule has 1 aliphatic rings. The van der Waals surface area contributed by atoms with Crippen molar-refractivity contribution in [3.63, 3.8) is 0 Å². The van der Waals surface area contributed by atoms with Crippen LogP contribution in [0.2, 0.25) is 0 Å². The van der Waals surface area contributed by atoms with Gasteiger partial charge in [-0.05, 0) is 12.1 Å². The molecule has 1 unspecified atom stereocenters. The Hall–Kier alpha value is -2.04. The van der Waals surface area contributed by atoms with Crippen molar-refractivity contribution in [2.75, 3.05) is 23.8 Å². The van der Waals surface area contributed by atoms with Gasteiger partial charge in [-0.15, -0.1) is 0 Å². The fraction of sp³-hybridized carbons (Fsp3) is 0.333. The number of hydrogen-bond acceptors (Lipinski definition) is 3. The van der Waals surface area contributed by atoms with Gasteiger partial charge in [-0.1, -0.05) is 13.0 Å². The molecule has 0 saturated heterocycles. The molecule has 5 nitrogen and oxygen atoms in total. The average Bonchev–Trinajstić information content (AvgIpc) is 2.37. The number of amides is 1. The Balaban J connectivity index is 2.57. The van der Waals surface area contributed by atoms with Crippen LogP contribution in [0.5, 0.6) is 0 Å². The predicted molar refractivity (Wildman–Crippen MR) is 64.5 cm³/mol. The Kier molecular flexibility index (Phi) is 2.75. The topological polar surface area (TPSA) is 69.6 Å². The highest BCUT2D eigenvalue weighted by atomic mass is 16.4. The van der Waals surface area contributed by atoms with Crippen molar-refractivity contribution in [2.45, 2.75) is 6.92 Å². The smallest absolute Gasteiger partial charge is 0.337 e. The highest BCUT2D eigenvalue weighted by Gasteiger charge is 2.26. The van der Waals surface area contributed by atoms with Crippen LogP contribution in [0.1, 0.15) is 17.3 Å². The Morgan fingerprint density at radius 2 is 2.24 bits per heavy atom. The highest BCUT2D eigenvalue weighted by Crippen LogP contribution is 2.32. The Morgan fingerprint density at radius 1 is 1.53 bits per heavy atom. The number of anilines is 2. The fourth-order valence-electron chi connectivity index (χ4n) is 2.07. The van der Waals surface area contributed by atoms with Crippen molar-refractivity contribution in [1.29, 1.82) is 0 Å². The van der Waals surface area contributed by atoms with E-state index in [9.17, 15) is 9.59 Å². The molecule has 1 atom stereocenters. The minimum Gasteiger partial charge on any atom is -0.478 e. The lowest BCUT2D eigenvalue weighted by molar-refractivity contribution is -0.119. The van der Waals surface area contributed by atoms with Gasteiger partial charge in [0.05, 0.1) is 22.9 Å². The van der Waals surface area contributed by atoms with Crippen molar-refractivity contribution < 1.29 is 14.7 Å². The third-order valence-electron chi connectivity index (χ3n) is 2.90.